The molecule has 0 saturated carbocycles. The van der Waals surface area contributed by atoms with E-state index < -0.39 is 0 Å². The SMILES string of the molecule is Cc1ccc(COc2c(Cl)cc(C3=NCCS3)cc2Br)cc1. The van der Waals surface area contributed by atoms with Crippen LogP contribution in [-0.2, 0) is 6.61 Å². The summed E-state index contributed by atoms with van der Waals surface area (Å²) < 4.78 is 6.74. The zero-order valence-electron chi connectivity index (χ0n) is 12.1. The lowest BCUT2D eigenvalue weighted by molar-refractivity contribution is 0.304. The van der Waals surface area contributed by atoms with Crippen LogP contribution in [0.3, 0.4) is 0 Å². The predicted molar refractivity (Wildman–Crippen MR) is 98.5 cm³/mol. The molecule has 0 atom stereocenters. The molecule has 0 bridgehead atoms. The number of benzene rings is 2. The minimum Gasteiger partial charge on any atom is -0.486 e. The van der Waals surface area contributed by atoms with Gasteiger partial charge in [-0.1, -0.05) is 41.4 Å². The predicted octanol–water partition coefficient (Wildman–Crippen LogP) is 5.48. The molecule has 1 aliphatic rings. The first-order valence-electron chi connectivity index (χ1n) is 6.98. The fourth-order valence-corrected chi connectivity index (χ4v) is 3.98. The topological polar surface area (TPSA) is 21.6 Å². The Morgan fingerprint density at radius 1 is 1.27 bits per heavy atom. The second-order valence-corrected chi connectivity index (χ2v) is 7.42. The Labute approximate surface area is 148 Å². The summed E-state index contributed by atoms with van der Waals surface area (Å²) in [6.07, 6.45) is 0. The molecule has 3 rings (SSSR count). The van der Waals surface area contributed by atoms with Gasteiger partial charge < -0.3 is 4.74 Å². The Morgan fingerprint density at radius 2 is 2.05 bits per heavy atom. The monoisotopic (exact) mass is 395 g/mol. The normalized spacial score (nSPS) is 14.0. The molecule has 2 nitrogen and oxygen atoms in total. The first-order chi connectivity index (χ1) is 10.6. The van der Waals surface area contributed by atoms with E-state index in [0.717, 1.165) is 32.9 Å². The Morgan fingerprint density at radius 3 is 2.68 bits per heavy atom. The van der Waals surface area contributed by atoms with Crippen LogP contribution in [0.1, 0.15) is 16.7 Å². The van der Waals surface area contributed by atoms with Gasteiger partial charge in [0, 0.05) is 17.9 Å². The third kappa shape index (κ3) is 3.67. The number of hydrogen-bond donors (Lipinski definition) is 0. The van der Waals surface area contributed by atoms with Crippen molar-refractivity contribution in [1.82, 2.24) is 0 Å². The van der Waals surface area contributed by atoms with Crippen molar-refractivity contribution in [1.29, 1.82) is 0 Å². The Hall–Kier alpha value is -0.970. The quantitative estimate of drug-likeness (QED) is 0.682. The maximum Gasteiger partial charge on any atom is 0.152 e. The fraction of sp³-hybridized carbons (Fsp3) is 0.235. The van der Waals surface area contributed by atoms with Crippen LogP contribution in [0.2, 0.25) is 5.02 Å². The molecule has 0 aliphatic carbocycles. The summed E-state index contributed by atoms with van der Waals surface area (Å²) in [7, 11) is 0. The Bertz CT molecular complexity index is 692. The summed E-state index contributed by atoms with van der Waals surface area (Å²) in [6.45, 7) is 3.44. The van der Waals surface area contributed by atoms with E-state index in [1.165, 1.54) is 5.56 Å². The number of ether oxygens (including phenoxy) is 1. The highest BCUT2D eigenvalue weighted by Crippen LogP contribution is 2.36. The number of nitrogens with zero attached hydrogens (tertiary/aromatic N) is 1. The van der Waals surface area contributed by atoms with Crippen LogP contribution in [0, 0.1) is 6.92 Å². The van der Waals surface area contributed by atoms with Crippen molar-refractivity contribution in [2.45, 2.75) is 13.5 Å². The molecule has 0 amide bonds. The second kappa shape index (κ2) is 7.07. The molecule has 22 heavy (non-hydrogen) atoms. The van der Waals surface area contributed by atoms with Crippen molar-refractivity contribution in [2.24, 2.45) is 4.99 Å². The van der Waals surface area contributed by atoms with Gasteiger partial charge in [0.25, 0.3) is 0 Å². The highest BCUT2D eigenvalue weighted by atomic mass is 79.9. The zero-order valence-corrected chi connectivity index (χ0v) is 15.3. The summed E-state index contributed by atoms with van der Waals surface area (Å²) in [5.41, 5.74) is 3.40. The molecule has 0 aromatic heterocycles. The molecule has 0 N–H and O–H groups in total. The van der Waals surface area contributed by atoms with Gasteiger partial charge in [-0.15, -0.1) is 11.8 Å². The molecule has 0 saturated heterocycles. The van der Waals surface area contributed by atoms with E-state index in [-0.39, 0.29) is 0 Å². The first kappa shape index (κ1) is 15.9. The van der Waals surface area contributed by atoms with Crippen molar-refractivity contribution in [2.75, 3.05) is 12.3 Å². The van der Waals surface area contributed by atoms with Crippen LogP contribution in [0.5, 0.6) is 5.75 Å². The van der Waals surface area contributed by atoms with Gasteiger partial charge in [0.2, 0.25) is 0 Å². The van der Waals surface area contributed by atoms with Crippen molar-refractivity contribution in [3.8, 4) is 5.75 Å². The van der Waals surface area contributed by atoms with E-state index in [1.54, 1.807) is 11.8 Å². The molecule has 1 aliphatic heterocycles. The van der Waals surface area contributed by atoms with Gasteiger partial charge in [-0.05, 0) is 40.5 Å². The average Bonchev–Trinajstić information content (AvgIpc) is 3.02. The lowest BCUT2D eigenvalue weighted by Gasteiger charge is -2.12. The van der Waals surface area contributed by atoms with E-state index in [0.29, 0.717) is 17.4 Å². The molecule has 114 valence electrons. The summed E-state index contributed by atoms with van der Waals surface area (Å²) in [6, 6.07) is 12.2. The van der Waals surface area contributed by atoms with E-state index in [2.05, 4.69) is 52.1 Å². The molecule has 0 unspecified atom stereocenters. The highest BCUT2D eigenvalue weighted by molar-refractivity contribution is 9.10. The summed E-state index contributed by atoms with van der Waals surface area (Å²) in [4.78, 5) is 4.48. The molecule has 0 radical (unpaired) electrons. The zero-order chi connectivity index (χ0) is 15.5. The summed E-state index contributed by atoms with van der Waals surface area (Å²) >= 11 is 11.7. The second-order valence-electron chi connectivity index (χ2n) is 5.08. The number of halogens is 2. The first-order valence-corrected chi connectivity index (χ1v) is 9.14. The maximum atomic E-state index is 6.39. The van der Waals surface area contributed by atoms with E-state index in [9.17, 15) is 0 Å². The largest absolute Gasteiger partial charge is 0.486 e. The van der Waals surface area contributed by atoms with Gasteiger partial charge in [0.15, 0.2) is 5.75 Å². The van der Waals surface area contributed by atoms with Gasteiger partial charge in [0.05, 0.1) is 14.5 Å². The molecule has 5 heteroatoms. The molecular weight excluding hydrogens is 382 g/mol. The van der Waals surface area contributed by atoms with E-state index >= 15 is 0 Å². The molecule has 0 spiro atoms. The van der Waals surface area contributed by atoms with Crippen molar-refractivity contribution >= 4 is 44.3 Å². The maximum absolute atomic E-state index is 6.39. The van der Waals surface area contributed by atoms with Crippen LogP contribution in [0.25, 0.3) is 0 Å². The van der Waals surface area contributed by atoms with Gasteiger partial charge in [0.1, 0.15) is 6.61 Å². The molecule has 0 fully saturated rings. The standard InChI is InChI=1S/C17H15BrClNOS/c1-11-2-4-12(5-3-11)10-21-16-14(18)8-13(9-15(16)19)17-20-6-7-22-17/h2-5,8-9H,6-7,10H2,1H3. The minimum atomic E-state index is 0.494. The third-order valence-electron chi connectivity index (χ3n) is 3.33. The Kier molecular flexibility index (Phi) is 5.11. The number of thioether (sulfide) groups is 1. The van der Waals surface area contributed by atoms with Gasteiger partial charge >= 0.3 is 0 Å². The van der Waals surface area contributed by atoms with Gasteiger partial charge in [-0.25, -0.2) is 0 Å². The van der Waals surface area contributed by atoms with Gasteiger partial charge in [-0.3, -0.25) is 4.99 Å². The van der Waals surface area contributed by atoms with Crippen LogP contribution in [0.15, 0.2) is 45.9 Å². The highest BCUT2D eigenvalue weighted by Gasteiger charge is 2.15. The van der Waals surface area contributed by atoms with Crippen molar-refractivity contribution in [3.05, 3.63) is 62.6 Å². The van der Waals surface area contributed by atoms with Crippen LogP contribution >= 0.6 is 39.3 Å². The lowest BCUT2D eigenvalue weighted by atomic mass is 10.2. The number of aliphatic imine (C=N–C) groups is 1. The average molecular weight is 397 g/mol. The molecule has 2 aromatic rings. The van der Waals surface area contributed by atoms with E-state index in [4.69, 9.17) is 16.3 Å². The molecule has 1 heterocycles. The van der Waals surface area contributed by atoms with Gasteiger partial charge in [-0.2, -0.15) is 0 Å². The number of aryl methyl sites for hydroxylation is 1. The summed E-state index contributed by atoms with van der Waals surface area (Å²) in [5.74, 6) is 1.71. The number of hydrogen-bond acceptors (Lipinski definition) is 3. The van der Waals surface area contributed by atoms with Crippen LogP contribution in [-0.4, -0.2) is 17.3 Å². The van der Waals surface area contributed by atoms with Crippen LogP contribution < -0.4 is 4.74 Å². The molecule has 2 aromatic carbocycles. The Balaban J connectivity index is 1.77. The fourth-order valence-electron chi connectivity index (χ4n) is 2.17. The number of rotatable bonds is 4. The lowest BCUT2D eigenvalue weighted by Crippen LogP contribution is -1.99. The smallest absolute Gasteiger partial charge is 0.152 e. The van der Waals surface area contributed by atoms with Crippen LogP contribution in [0.4, 0.5) is 0 Å². The third-order valence-corrected chi connectivity index (χ3v) is 5.23. The minimum absolute atomic E-state index is 0.494. The molecular formula is C17H15BrClNOS. The van der Waals surface area contributed by atoms with Crippen molar-refractivity contribution < 1.29 is 4.74 Å². The van der Waals surface area contributed by atoms with E-state index in [1.807, 2.05) is 12.1 Å². The summed E-state index contributed by atoms with van der Waals surface area (Å²) in [5, 5.41) is 1.65. The van der Waals surface area contributed by atoms with Crippen molar-refractivity contribution in [3.63, 3.8) is 0 Å².